The zero-order chi connectivity index (χ0) is 38.3. The number of piperidine rings is 1. The number of fused-ring (bicyclic) bond motifs is 1. The zero-order valence-electron chi connectivity index (χ0n) is 31.3. The van der Waals surface area contributed by atoms with Crippen LogP contribution in [-0.2, 0) is 19.6 Å². The van der Waals surface area contributed by atoms with Crippen LogP contribution < -0.4 is 19.5 Å². The lowest BCUT2D eigenvalue weighted by Gasteiger charge is -2.28. The van der Waals surface area contributed by atoms with E-state index in [0.717, 1.165) is 86.2 Å². The molecule has 2 aliphatic carbocycles. The number of nitrogens with zero attached hydrogens (tertiary/aromatic N) is 3. The van der Waals surface area contributed by atoms with Crippen LogP contribution in [0.3, 0.4) is 0 Å². The first-order valence-electron chi connectivity index (χ1n) is 19.5. The SMILES string of the molecule is [C-]#[N+]c1cc(C#N)cc(COc2cc(O[C@H]3CCc4c(-c5cccc(OCCCN6CCC(F)CC6)c5C)cccc43)c(Cl)cc2CN[C@H]2CCC[C@H]2O)c1. The molecule has 7 rings (SSSR count). The molecule has 4 aromatic rings. The van der Waals surface area contributed by atoms with E-state index in [1.807, 2.05) is 18.2 Å². The molecular weight excluding hydrogens is 715 g/mol. The van der Waals surface area contributed by atoms with Crippen molar-refractivity contribution in [2.45, 2.75) is 95.9 Å². The number of rotatable bonds is 14. The molecule has 2 N–H and O–H groups in total. The summed E-state index contributed by atoms with van der Waals surface area (Å²) in [5.74, 6) is 1.97. The molecule has 55 heavy (non-hydrogen) atoms. The van der Waals surface area contributed by atoms with Gasteiger partial charge in [0.1, 0.15) is 36.1 Å². The van der Waals surface area contributed by atoms with Gasteiger partial charge in [0.15, 0.2) is 5.69 Å². The van der Waals surface area contributed by atoms with Crippen molar-refractivity contribution in [2.24, 2.45) is 0 Å². The maximum Gasteiger partial charge on any atom is 0.188 e. The second kappa shape index (κ2) is 17.9. The highest BCUT2D eigenvalue weighted by Gasteiger charge is 2.29. The van der Waals surface area contributed by atoms with Crippen LogP contribution in [0.5, 0.6) is 17.2 Å². The minimum Gasteiger partial charge on any atom is -0.493 e. The van der Waals surface area contributed by atoms with Crippen molar-refractivity contribution in [3.8, 4) is 34.4 Å². The Labute approximate surface area is 328 Å². The van der Waals surface area contributed by atoms with Gasteiger partial charge in [-0.1, -0.05) is 41.9 Å². The van der Waals surface area contributed by atoms with E-state index in [4.69, 9.17) is 32.4 Å². The molecule has 10 heteroatoms. The first-order valence-corrected chi connectivity index (χ1v) is 19.8. The topological polar surface area (TPSA) is 91.3 Å². The van der Waals surface area contributed by atoms with Gasteiger partial charge in [-0.05, 0) is 122 Å². The molecule has 1 saturated heterocycles. The van der Waals surface area contributed by atoms with E-state index in [0.29, 0.717) is 59.3 Å². The third kappa shape index (κ3) is 9.26. The highest BCUT2D eigenvalue weighted by molar-refractivity contribution is 6.32. The average Bonchev–Trinajstić information content (AvgIpc) is 3.82. The number of hydrogen-bond acceptors (Lipinski definition) is 7. The van der Waals surface area contributed by atoms with Crippen LogP contribution in [0.2, 0.25) is 5.02 Å². The molecule has 0 radical (unpaired) electrons. The molecule has 1 aliphatic heterocycles. The highest BCUT2D eigenvalue weighted by atomic mass is 35.5. The summed E-state index contributed by atoms with van der Waals surface area (Å²) in [6, 6.07) is 23.5. The fourth-order valence-electron chi connectivity index (χ4n) is 8.21. The van der Waals surface area contributed by atoms with Gasteiger partial charge >= 0.3 is 0 Å². The minimum absolute atomic E-state index is 0.00607. The minimum atomic E-state index is -0.657. The van der Waals surface area contributed by atoms with Gasteiger partial charge in [0.25, 0.3) is 0 Å². The summed E-state index contributed by atoms with van der Waals surface area (Å²) >= 11 is 6.94. The Kier molecular flexibility index (Phi) is 12.6. The largest absolute Gasteiger partial charge is 0.493 e. The van der Waals surface area contributed by atoms with Gasteiger partial charge in [-0.2, -0.15) is 5.26 Å². The van der Waals surface area contributed by atoms with Crippen molar-refractivity contribution < 1.29 is 23.7 Å². The lowest BCUT2D eigenvalue weighted by molar-refractivity contribution is 0.143. The van der Waals surface area contributed by atoms with E-state index >= 15 is 0 Å². The van der Waals surface area contributed by atoms with Gasteiger partial charge in [-0.25, -0.2) is 9.24 Å². The Bertz CT molecular complexity index is 2040. The van der Waals surface area contributed by atoms with Crippen molar-refractivity contribution in [1.82, 2.24) is 10.2 Å². The number of aliphatic hydroxyl groups excluding tert-OH is 1. The molecule has 3 atom stereocenters. The number of ether oxygens (including phenoxy) is 3. The third-order valence-electron chi connectivity index (χ3n) is 11.2. The van der Waals surface area contributed by atoms with Gasteiger partial charge in [0, 0.05) is 49.4 Å². The molecule has 0 amide bonds. The number of aliphatic hydroxyl groups is 1. The van der Waals surface area contributed by atoms with E-state index in [1.165, 1.54) is 11.1 Å². The highest BCUT2D eigenvalue weighted by Crippen LogP contribution is 2.44. The second-order valence-electron chi connectivity index (χ2n) is 14.9. The van der Waals surface area contributed by atoms with Crippen LogP contribution in [0, 0.1) is 24.8 Å². The summed E-state index contributed by atoms with van der Waals surface area (Å²) in [5.41, 5.74) is 8.11. The maximum absolute atomic E-state index is 13.5. The molecule has 0 unspecified atom stereocenters. The van der Waals surface area contributed by atoms with Gasteiger partial charge in [0.05, 0.1) is 30.4 Å². The van der Waals surface area contributed by atoms with E-state index in [2.05, 4.69) is 58.4 Å². The van der Waals surface area contributed by atoms with E-state index in [-0.39, 0.29) is 18.8 Å². The fraction of sp³-hybridized carbons (Fsp3) is 0.422. The predicted octanol–water partition coefficient (Wildman–Crippen LogP) is 9.59. The maximum atomic E-state index is 13.5. The number of hydrogen-bond donors (Lipinski definition) is 2. The fourth-order valence-corrected chi connectivity index (χ4v) is 8.44. The average molecular weight is 763 g/mol. The van der Waals surface area contributed by atoms with Gasteiger partial charge in [-0.3, -0.25) is 0 Å². The Morgan fingerprint density at radius 2 is 1.80 bits per heavy atom. The number of alkyl halides is 1. The molecule has 286 valence electrons. The number of nitriles is 1. The number of likely N-dealkylation sites (tertiary alicyclic amines) is 1. The first kappa shape index (κ1) is 38.6. The number of benzene rings is 4. The first-order chi connectivity index (χ1) is 26.8. The van der Waals surface area contributed by atoms with Crippen molar-refractivity contribution in [2.75, 3.05) is 26.2 Å². The lowest BCUT2D eigenvalue weighted by Crippen LogP contribution is -2.35. The van der Waals surface area contributed by atoms with Crippen LogP contribution >= 0.6 is 11.6 Å². The van der Waals surface area contributed by atoms with Gasteiger partial charge in [0.2, 0.25) is 0 Å². The predicted molar refractivity (Wildman–Crippen MR) is 213 cm³/mol. The quantitative estimate of drug-likeness (QED) is 0.0977. The molecule has 8 nitrogen and oxygen atoms in total. The molecule has 1 heterocycles. The van der Waals surface area contributed by atoms with Crippen molar-refractivity contribution in [3.05, 3.63) is 117 Å². The lowest BCUT2D eigenvalue weighted by atomic mass is 9.93. The molecule has 0 aromatic heterocycles. The Balaban J connectivity index is 1.08. The molecule has 2 fully saturated rings. The van der Waals surface area contributed by atoms with Crippen LogP contribution in [0.1, 0.15) is 84.4 Å². The van der Waals surface area contributed by atoms with Crippen LogP contribution in [0.4, 0.5) is 10.1 Å². The summed E-state index contributed by atoms with van der Waals surface area (Å²) in [6.45, 7) is 13.3. The smallest absolute Gasteiger partial charge is 0.188 e. The van der Waals surface area contributed by atoms with Crippen molar-refractivity contribution >= 4 is 17.3 Å². The summed E-state index contributed by atoms with van der Waals surface area (Å²) in [7, 11) is 0. The molecular formula is C45H48ClFN4O4. The molecule has 0 bridgehead atoms. The van der Waals surface area contributed by atoms with Crippen molar-refractivity contribution in [3.63, 3.8) is 0 Å². The molecule has 0 spiro atoms. The Morgan fingerprint density at radius 1 is 0.982 bits per heavy atom. The standard InChI is InChI=1S/C45H48ClFN4O4/c1-29-35(7-4-12-42(29)53-20-6-17-51-18-15-33(47)16-19-51)36-8-3-9-38-37(36)13-14-43(38)55-45-25-44(54-28-31-21-30(26-48)22-34(23-31)49-2)32(24-39(45)46)27-50-40-10-5-11-41(40)52/h3-4,7-9,12,21-25,33,40-41,43,50,52H,5-6,10-11,13-20,27-28H2,1H3/t40-,41+,43-/m0/s1. The second-order valence-corrected chi connectivity index (χ2v) is 15.3. The summed E-state index contributed by atoms with van der Waals surface area (Å²) in [6.07, 6.45) is 5.17. The summed E-state index contributed by atoms with van der Waals surface area (Å²) in [4.78, 5) is 5.84. The van der Waals surface area contributed by atoms with Gasteiger partial charge in [-0.15, -0.1) is 0 Å². The van der Waals surface area contributed by atoms with Crippen LogP contribution in [0.15, 0.2) is 66.7 Å². The molecule has 3 aliphatic rings. The number of nitrogens with one attached hydrogen (secondary N) is 1. The van der Waals surface area contributed by atoms with Crippen LogP contribution in [0.25, 0.3) is 16.0 Å². The summed E-state index contributed by atoms with van der Waals surface area (Å²) < 4.78 is 32.9. The summed E-state index contributed by atoms with van der Waals surface area (Å²) in [5, 5.41) is 23.9. The Morgan fingerprint density at radius 3 is 2.58 bits per heavy atom. The monoisotopic (exact) mass is 762 g/mol. The zero-order valence-corrected chi connectivity index (χ0v) is 32.1. The number of halogens is 2. The Hall–Kier alpha value is -4.64. The van der Waals surface area contributed by atoms with E-state index in [1.54, 1.807) is 18.2 Å². The van der Waals surface area contributed by atoms with Crippen LogP contribution in [-0.4, -0.2) is 54.6 Å². The normalized spacial score (nSPS) is 19.8. The van der Waals surface area contributed by atoms with E-state index < -0.39 is 12.3 Å². The van der Waals surface area contributed by atoms with Crippen molar-refractivity contribution in [1.29, 1.82) is 5.26 Å². The third-order valence-corrected chi connectivity index (χ3v) is 11.5. The molecule has 4 aromatic carbocycles. The van der Waals surface area contributed by atoms with E-state index in [9.17, 15) is 14.8 Å². The van der Waals surface area contributed by atoms with Gasteiger partial charge < -0.3 is 29.5 Å². The molecule has 1 saturated carbocycles.